The molecule has 0 heterocycles. The van der Waals surface area contributed by atoms with E-state index in [9.17, 15) is 9.59 Å². The summed E-state index contributed by atoms with van der Waals surface area (Å²) in [6.45, 7) is 7.62. The van der Waals surface area contributed by atoms with E-state index in [1.165, 1.54) is 0 Å². The summed E-state index contributed by atoms with van der Waals surface area (Å²) in [5.41, 5.74) is 2.02. The lowest BCUT2D eigenvalue weighted by Crippen LogP contribution is -2.40. The summed E-state index contributed by atoms with van der Waals surface area (Å²) in [5, 5.41) is 2.91. The fourth-order valence-corrected chi connectivity index (χ4v) is 3.27. The van der Waals surface area contributed by atoms with E-state index in [0.29, 0.717) is 44.2 Å². The van der Waals surface area contributed by atoms with Crippen LogP contribution in [0.4, 0.5) is 0 Å². The average Bonchev–Trinajstić information content (AvgIpc) is 2.81. The topological polar surface area (TPSA) is 67.9 Å². The SMILES string of the molecule is CCCCC(=O)NCCN(Cc1ccc(OCc2ccccc2)c(OC)c1)C(=O)C(C)C. The third kappa shape index (κ3) is 8.25. The predicted molar refractivity (Wildman–Crippen MR) is 127 cm³/mol. The number of nitrogens with one attached hydrogen (secondary N) is 1. The molecule has 0 aliphatic carbocycles. The zero-order valence-electron chi connectivity index (χ0n) is 19.7. The highest BCUT2D eigenvalue weighted by atomic mass is 16.5. The molecule has 0 bridgehead atoms. The summed E-state index contributed by atoms with van der Waals surface area (Å²) in [4.78, 5) is 26.4. The number of hydrogen-bond acceptors (Lipinski definition) is 4. The Morgan fingerprint density at radius 1 is 1.03 bits per heavy atom. The summed E-state index contributed by atoms with van der Waals surface area (Å²) >= 11 is 0. The molecule has 0 atom stereocenters. The van der Waals surface area contributed by atoms with Gasteiger partial charge in [0.2, 0.25) is 11.8 Å². The minimum absolute atomic E-state index is 0.0328. The molecule has 2 rings (SSSR count). The molecule has 0 spiro atoms. The Morgan fingerprint density at radius 2 is 1.78 bits per heavy atom. The van der Waals surface area contributed by atoms with Gasteiger partial charge in [0.25, 0.3) is 0 Å². The van der Waals surface area contributed by atoms with Crippen LogP contribution in [0, 0.1) is 5.92 Å². The lowest BCUT2D eigenvalue weighted by Gasteiger charge is -2.25. The molecule has 0 radical (unpaired) electrons. The zero-order chi connectivity index (χ0) is 23.3. The van der Waals surface area contributed by atoms with Crippen LogP contribution < -0.4 is 14.8 Å². The summed E-state index contributed by atoms with van der Waals surface area (Å²) in [6.07, 6.45) is 2.38. The zero-order valence-corrected chi connectivity index (χ0v) is 19.7. The Kier molecular flexibility index (Phi) is 10.6. The van der Waals surface area contributed by atoms with Crippen LogP contribution >= 0.6 is 0 Å². The van der Waals surface area contributed by atoms with Crippen LogP contribution in [0.3, 0.4) is 0 Å². The van der Waals surface area contributed by atoms with Gasteiger partial charge < -0.3 is 19.7 Å². The van der Waals surface area contributed by atoms with Crippen molar-refractivity contribution >= 4 is 11.8 Å². The first-order valence-electron chi connectivity index (χ1n) is 11.3. The third-order valence-electron chi connectivity index (χ3n) is 5.11. The molecule has 1 N–H and O–H groups in total. The van der Waals surface area contributed by atoms with Crippen molar-refractivity contribution in [1.82, 2.24) is 10.2 Å². The van der Waals surface area contributed by atoms with Gasteiger partial charge in [0.05, 0.1) is 7.11 Å². The number of carbonyl (C=O) groups is 2. The molecule has 0 saturated carbocycles. The Bertz CT molecular complexity index is 852. The van der Waals surface area contributed by atoms with Gasteiger partial charge in [-0.2, -0.15) is 0 Å². The Labute approximate surface area is 191 Å². The minimum Gasteiger partial charge on any atom is -0.493 e. The molecule has 2 amide bonds. The maximum atomic E-state index is 12.7. The summed E-state index contributed by atoms with van der Waals surface area (Å²) in [5.74, 6) is 1.25. The molecule has 0 fully saturated rings. The number of rotatable bonds is 13. The van der Waals surface area contributed by atoms with Crippen molar-refractivity contribution in [3.8, 4) is 11.5 Å². The quantitative estimate of drug-likeness (QED) is 0.496. The van der Waals surface area contributed by atoms with Crippen molar-refractivity contribution in [2.75, 3.05) is 20.2 Å². The molecule has 32 heavy (non-hydrogen) atoms. The van der Waals surface area contributed by atoms with Gasteiger partial charge in [0, 0.05) is 32.0 Å². The van der Waals surface area contributed by atoms with E-state index in [1.807, 2.05) is 62.4 Å². The third-order valence-corrected chi connectivity index (χ3v) is 5.11. The normalized spacial score (nSPS) is 10.7. The van der Waals surface area contributed by atoms with Gasteiger partial charge in [-0.05, 0) is 29.7 Å². The van der Waals surface area contributed by atoms with Crippen molar-refractivity contribution in [2.24, 2.45) is 5.92 Å². The van der Waals surface area contributed by atoms with Gasteiger partial charge in [-0.15, -0.1) is 0 Å². The highest BCUT2D eigenvalue weighted by Crippen LogP contribution is 2.29. The molecular weight excluding hydrogens is 404 g/mol. The maximum absolute atomic E-state index is 12.7. The number of amides is 2. The van der Waals surface area contributed by atoms with Gasteiger partial charge in [-0.1, -0.05) is 63.6 Å². The summed E-state index contributed by atoms with van der Waals surface area (Å²) in [7, 11) is 1.61. The van der Waals surface area contributed by atoms with Crippen LogP contribution in [-0.4, -0.2) is 36.9 Å². The van der Waals surface area contributed by atoms with Crippen LogP contribution in [0.25, 0.3) is 0 Å². The monoisotopic (exact) mass is 440 g/mol. The van der Waals surface area contributed by atoms with Gasteiger partial charge in [-0.3, -0.25) is 9.59 Å². The smallest absolute Gasteiger partial charge is 0.225 e. The summed E-state index contributed by atoms with van der Waals surface area (Å²) in [6, 6.07) is 15.7. The number of unbranched alkanes of at least 4 members (excludes halogenated alkanes) is 1. The number of methoxy groups -OCH3 is 1. The number of ether oxygens (including phenoxy) is 2. The molecule has 0 unspecified atom stereocenters. The standard InChI is InChI=1S/C26H36N2O4/c1-5-6-12-25(29)27-15-16-28(26(30)20(2)3)18-22-13-14-23(24(17-22)31-4)32-19-21-10-8-7-9-11-21/h7-11,13-14,17,20H,5-6,12,15-16,18-19H2,1-4H3,(H,27,29). The number of nitrogens with zero attached hydrogens (tertiary/aromatic N) is 1. The second-order valence-corrected chi connectivity index (χ2v) is 8.13. The van der Waals surface area contributed by atoms with E-state index in [-0.39, 0.29) is 17.7 Å². The molecular formula is C26H36N2O4. The molecule has 6 nitrogen and oxygen atoms in total. The van der Waals surface area contributed by atoms with E-state index in [4.69, 9.17) is 9.47 Å². The molecule has 2 aromatic carbocycles. The summed E-state index contributed by atoms with van der Waals surface area (Å²) < 4.78 is 11.5. The van der Waals surface area contributed by atoms with E-state index in [1.54, 1.807) is 12.0 Å². The van der Waals surface area contributed by atoms with Gasteiger partial charge >= 0.3 is 0 Å². The van der Waals surface area contributed by atoms with Gasteiger partial charge in [0.15, 0.2) is 11.5 Å². The molecule has 174 valence electrons. The first-order chi connectivity index (χ1) is 15.4. The Morgan fingerprint density at radius 3 is 2.44 bits per heavy atom. The van der Waals surface area contributed by atoms with Gasteiger partial charge in [0.1, 0.15) is 6.61 Å². The fourth-order valence-electron chi connectivity index (χ4n) is 3.27. The van der Waals surface area contributed by atoms with Crippen molar-refractivity contribution in [1.29, 1.82) is 0 Å². The Balaban J connectivity index is 2.02. The first kappa shape index (κ1) is 25.2. The molecule has 0 aliphatic rings. The largest absolute Gasteiger partial charge is 0.493 e. The van der Waals surface area contributed by atoms with Crippen LogP contribution in [-0.2, 0) is 22.7 Å². The van der Waals surface area contributed by atoms with Crippen LogP contribution in [0.2, 0.25) is 0 Å². The van der Waals surface area contributed by atoms with Crippen LogP contribution in [0.1, 0.15) is 51.2 Å². The van der Waals surface area contributed by atoms with Crippen LogP contribution in [0.5, 0.6) is 11.5 Å². The second-order valence-electron chi connectivity index (χ2n) is 8.13. The molecule has 0 aromatic heterocycles. The highest BCUT2D eigenvalue weighted by molar-refractivity contribution is 5.78. The fraction of sp³-hybridized carbons (Fsp3) is 0.462. The van der Waals surface area contributed by atoms with Gasteiger partial charge in [-0.25, -0.2) is 0 Å². The number of hydrogen-bond donors (Lipinski definition) is 1. The lowest BCUT2D eigenvalue weighted by molar-refractivity contribution is -0.135. The average molecular weight is 441 g/mol. The van der Waals surface area contributed by atoms with E-state index in [0.717, 1.165) is 24.0 Å². The molecule has 0 saturated heterocycles. The Hall–Kier alpha value is -3.02. The number of carbonyl (C=O) groups excluding carboxylic acids is 2. The molecule has 6 heteroatoms. The van der Waals surface area contributed by atoms with Crippen LogP contribution in [0.15, 0.2) is 48.5 Å². The molecule has 0 aliphatic heterocycles. The van der Waals surface area contributed by atoms with E-state index < -0.39 is 0 Å². The lowest BCUT2D eigenvalue weighted by atomic mass is 10.1. The predicted octanol–water partition coefficient (Wildman–Crippen LogP) is 4.57. The van der Waals surface area contributed by atoms with E-state index >= 15 is 0 Å². The minimum atomic E-state index is -0.124. The van der Waals surface area contributed by atoms with Crippen molar-refractivity contribution in [3.63, 3.8) is 0 Å². The van der Waals surface area contributed by atoms with Crippen molar-refractivity contribution < 1.29 is 19.1 Å². The number of benzene rings is 2. The van der Waals surface area contributed by atoms with E-state index in [2.05, 4.69) is 12.2 Å². The maximum Gasteiger partial charge on any atom is 0.225 e. The van der Waals surface area contributed by atoms with Crippen molar-refractivity contribution in [2.45, 2.75) is 53.2 Å². The van der Waals surface area contributed by atoms with Crippen molar-refractivity contribution in [3.05, 3.63) is 59.7 Å². The second kappa shape index (κ2) is 13.4. The highest BCUT2D eigenvalue weighted by Gasteiger charge is 2.18. The molecule has 2 aromatic rings. The first-order valence-corrected chi connectivity index (χ1v) is 11.3.